The maximum Gasteiger partial charge on any atom is 0.103 e. The highest BCUT2D eigenvalue weighted by Crippen LogP contribution is 2.31. The molecule has 1 aromatic carbocycles. The van der Waals surface area contributed by atoms with E-state index >= 15 is 0 Å². The molecule has 0 radical (unpaired) electrons. The minimum absolute atomic E-state index is 0.139. The van der Waals surface area contributed by atoms with E-state index < -0.39 is 0 Å². The molecule has 0 unspecified atom stereocenters. The number of thioether (sulfide) groups is 1. The molecule has 1 aromatic rings. The molecule has 1 saturated heterocycles. The van der Waals surface area contributed by atoms with Crippen molar-refractivity contribution in [3.8, 4) is 6.07 Å². The second-order valence-electron chi connectivity index (χ2n) is 5.62. The minimum Gasteiger partial charge on any atom is -0.367 e. The lowest BCUT2D eigenvalue weighted by molar-refractivity contribution is 0.139. The molecule has 0 atom stereocenters. The van der Waals surface area contributed by atoms with Crippen molar-refractivity contribution in [1.82, 2.24) is 4.90 Å². The van der Waals surface area contributed by atoms with Crippen LogP contribution in [0.1, 0.15) is 19.4 Å². The van der Waals surface area contributed by atoms with Gasteiger partial charge in [0, 0.05) is 30.1 Å². The van der Waals surface area contributed by atoms with Crippen molar-refractivity contribution < 1.29 is 0 Å². The van der Waals surface area contributed by atoms with Gasteiger partial charge in [0.2, 0.25) is 0 Å². The Morgan fingerprint density at radius 2 is 2.05 bits per heavy atom. The zero-order valence-electron chi connectivity index (χ0n) is 12.1. The number of piperazine rings is 1. The molecule has 19 heavy (non-hydrogen) atoms. The summed E-state index contributed by atoms with van der Waals surface area (Å²) in [6.45, 7) is 7.47. The lowest BCUT2D eigenvalue weighted by Gasteiger charge is -2.46. The average molecular weight is 275 g/mol. The smallest absolute Gasteiger partial charge is 0.103 e. The Morgan fingerprint density at radius 3 is 2.63 bits per heavy atom. The Hall–Kier alpha value is -1.18. The van der Waals surface area contributed by atoms with E-state index in [1.165, 1.54) is 0 Å². The molecule has 2 rings (SSSR count). The number of hydrogen-bond donors (Lipinski definition) is 0. The van der Waals surface area contributed by atoms with Crippen LogP contribution < -0.4 is 4.90 Å². The fourth-order valence-electron chi connectivity index (χ4n) is 2.51. The zero-order valence-corrected chi connectivity index (χ0v) is 12.9. The van der Waals surface area contributed by atoms with Crippen molar-refractivity contribution in [3.05, 3.63) is 23.8 Å². The first-order valence-electron chi connectivity index (χ1n) is 6.53. The van der Waals surface area contributed by atoms with Gasteiger partial charge in [0.05, 0.1) is 11.3 Å². The summed E-state index contributed by atoms with van der Waals surface area (Å²) in [7, 11) is 2.17. The molecule has 0 amide bonds. The lowest BCUT2D eigenvalue weighted by atomic mass is 9.98. The summed E-state index contributed by atoms with van der Waals surface area (Å²) in [6, 6.07) is 8.51. The molecule has 1 aliphatic heterocycles. The molecule has 1 fully saturated rings. The van der Waals surface area contributed by atoms with Gasteiger partial charge in [0.15, 0.2) is 0 Å². The second kappa shape index (κ2) is 5.44. The van der Waals surface area contributed by atoms with Crippen LogP contribution in [-0.2, 0) is 0 Å². The molecule has 0 bridgehead atoms. The molecule has 0 spiro atoms. The van der Waals surface area contributed by atoms with Crippen LogP contribution in [0.15, 0.2) is 23.1 Å². The van der Waals surface area contributed by atoms with Crippen LogP contribution >= 0.6 is 11.8 Å². The van der Waals surface area contributed by atoms with Crippen molar-refractivity contribution >= 4 is 17.4 Å². The summed E-state index contributed by atoms with van der Waals surface area (Å²) in [6.07, 6.45) is 2.02. The zero-order chi connectivity index (χ0) is 14.0. The van der Waals surface area contributed by atoms with Gasteiger partial charge in [-0.2, -0.15) is 5.26 Å². The molecular formula is C15H21N3S. The first-order valence-corrected chi connectivity index (χ1v) is 7.75. The highest BCUT2D eigenvalue weighted by atomic mass is 32.2. The van der Waals surface area contributed by atoms with Crippen molar-refractivity contribution in [2.75, 3.05) is 37.8 Å². The fourth-order valence-corrected chi connectivity index (χ4v) is 3.08. The Kier molecular flexibility index (Phi) is 4.07. The van der Waals surface area contributed by atoms with Crippen LogP contribution in [0.25, 0.3) is 0 Å². The monoisotopic (exact) mass is 275 g/mol. The summed E-state index contributed by atoms with van der Waals surface area (Å²) < 4.78 is 0. The van der Waals surface area contributed by atoms with E-state index in [1.807, 2.05) is 18.4 Å². The van der Waals surface area contributed by atoms with Gasteiger partial charge in [-0.3, -0.25) is 4.90 Å². The van der Waals surface area contributed by atoms with E-state index in [0.717, 1.165) is 35.8 Å². The van der Waals surface area contributed by atoms with Gasteiger partial charge in [-0.25, -0.2) is 0 Å². The third kappa shape index (κ3) is 2.72. The van der Waals surface area contributed by atoms with Gasteiger partial charge >= 0.3 is 0 Å². The number of nitriles is 1. The maximum atomic E-state index is 9.44. The van der Waals surface area contributed by atoms with E-state index in [9.17, 15) is 5.26 Å². The maximum absolute atomic E-state index is 9.44. The van der Waals surface area contributed by atoms with Gasteiger partial charge in [0.1, 0.15) is 6.07 Å². The highest BCUT2D eigenvalue weighted by Gasteiger charge is 2.32. The van der Waals surface area contributed by atoms with Crippen molar-refractivity contribution in [1.29, 1.82) is 5.26 Å². The second-order valence-corrected chi connectivity index (χ2v) is 6.47. The molecular weight excluding hydrogens is 254 g/mol. The topological polar surface area (TPSA) is 30.3 Å². The summed E-state index contributed by atoms with van der Waals surface area (Å²) in [5.41, 5.74) is 2.03. The average Bonchev–Trinajstić information content (AvgIpc) is 2.40. The fraction of sp³-hybridized carbons (Fsp3) is 0.533. The van der Waals surface area contributed by atoms with Crippen LogP contribution in [0.4, 0.5) is 5.69 Å². The van der Waals surface area contributed by atoms with Gasteiger partial charge in [-0.15, -0.1) is 11.8 Å². The van der Waals surface area contributed by atoms with Crippen LogP contribution in [0.3, 0.4) is 0 Å². The standard InChI is InChI=1S/C15H21N3S/c1-15(2)11-18(9-8-17(15)3)13-6-5-7-14(19-4)12(13)10-16/h5-7H,8-9,11H2,1-4H3. The Bertz CT molecular complexity index is 505. The number of hydrogen-bond acceptors (Lipinski definition) is 4. The normalized spacial score (nSPS) is 19.2. The SMILES string of the molecule is CSc1cccc(N2CCN(C)C(C)(C)C2)c1C#N. The van der Waals surface area contributed by atoms with E-state index in [0.29, 0.717) is 0 Å². The summed E-state index contributed by atoms with van der Waals surface area (Å²) in [5, 5.41) is 9.44. The molecule has 3 nitrogen and oxygen atoms in total. The number of rotatable bonds is 2. The molecule has 102 valence electrons. The van der Waals surface area contributed by atoms with Gasteiger partial charge in [-0.1, -0.05) is 6.07 Å². The van der Waals surface area contributed by atoms with E-state index in [2.05, 4.69) is 42.8 Å². The number of benzene rings is 1. The number of nitrogens with zero attached hydrogens (tertiary/aromatic N) is 3. The lowest BCUT2D eigenvalue weighted by Crippen LogP contribution is -2.57. The highest BCUT2D eigenvalue weighted by molar-refractivity contribution is 7.98. The molecule has 1 heterocycles. The number of anilines is 1. The Balaban J connectivity index is 2.36. The Morgan fingerprint density at radius 1 is 1.32 bits per heavy atom. The van der Waals surface area contributed by atoms with E-state index in [1.54, 1.807) is 11.8 Å². The summed E-state index contributed by atoms with van der Waals surface area (Å²) in [4.78, 5) is 5.79. The summed E-state index contributed by atoms with van der Waals surface area (Å²) >= 11 is 1.64. The quantitative estimate of drug-likeness (QED) is 0.777. The molecule has 0 N–H and O–H groups in total. The molecule has 0 saturated carbocycles. The van der Waals surface area contributed by atoms with Crippen LogP contribution in [0.2, 0.25) is 0 Å². The first-order chi connectivity index (χ1) is 8.99. The van der Waals surface area contributed by atoms with Gasteiger partial charge in [-0.05, 0) is 39.3 Å². The molecule has 0 aromatic heterocycles. The van der Waals surface area contributed by atoms with Crippen LogP contribution in [-0.4, -0.2) is 43.4 Å². The molecule has 1 aliphatic rings. The number of likely N-dealkylation sites (N-methyl/N-ethyl adjacent to an activating group) is 1. The third-order valence-electron chi connectivity index (χ3n) is 3.99. The molecule has 0 aliphatic carbocycles. The van der Waals surface area contributed by atoms with Crippen LogP contribution in [0, 0.1) is 11.3 Å². The summed E-state index contributed by atoms with van der Waals surface area (Å²) in [5.74, 6) is 0. The van der Waals surface area contributed by atoms with E-state index in [-0.39, 0.29) is 5.54 Å². The van der Waals surface area contributed by atoms with Gasteiger partial charge < -0.3 is 4.90 Å². The van der Waals surface area contributed by atoms with Crippen LogP contribution in [0.5, 0.6) is 0 Å². The predicted octanol–water partition coefficient (Wildman–Crippen LogP) is 2.81. The largest absolute Gasteiger partial charge is 0.367 e. The predicted molar refractivity (Wildman–Crippen MR) is 81.9 cm³/mol. The molecule has 4 heteroatoms. The van der Waals surface area contributed by atoms with E-state index in [4.69, 9.17) is 0 Å². The van der Waals surface area contributed by atoms with Crippen molar-refractivity contribution in [2.24, 2.45) is 0 Å². The third-order valence-corrected chi connectivity index (χ3v) is 4.77. The van der Waals surface area contributed by atoms with Crippen molar-refractivity contribution in [3.63, 3.8) is 0 Å². The minimum atomic E-state index is 0.139. The van der Waals surface area contributed by atoms with Crippen molar-refractivity contribution in [2.45, 2.75) is 24.3 Å². The Labute approximate surface area is 120 Å². The first kappa shape index (κ1) is 14.2. The van der Waals surface area contributed by atoms with Gasteiger partial charge in [0.25, 0.3) is 0 Å².